The Balaban J connectivity index is -0.00000259. The molecule has 0 saturated carbocycles. The van der Waals surface area contributed by atoms with Gasteiger partial charge in [0.05, 0.1) is 45.7 Å². The summed E-state index contributed by atoms with van der Waals surface area (Å²) >= 11 is 3.71. The molecule has 4 amide bonds. The molecule has 0 radical (unpaired) electrons. The number of hydrogen-bond acceptors (Lipinski definition) is 16. The lowest BCUT2D eigenvalue weighted by Gasteiger charge is -2.14. The van der Waals surface area contributed by atoms with Crippen molar-refractivity contribution in [3.63, 3.8) is 0 Å². The molecule has 66 heavy (non-hydrogen) atoms. The first kappa shape index (κ1) is 69.9. The van der Waals surface area contributed by atoms with Gasteiger partial charge in [0, 0.05) is 38.9 Å². The van der Waals surface area contributed by atoms with Gasteiger partial charge in [0.2, 0.25) is 23.6 Å². The highest BCUT2D eigenvalue weighted by Gasteiger charge is 2.21. The molecule has 10 N–H and O–H groups in total. The minimum absolute atomic E-state index is 0.0281. The summed E-state index contributed by atoms with van der Waals surface area (Å²) in [7, 11) is 3.76. The highest BCUT2D eigenvalue weighted by Crippen LogP contribution is 2.13. The van der Waals surface area contributed by atoms with E-state index in [2.05, 4.69) is 53.3 Å². The molecule has 0 aromatic carbocycles. The van der Waals surface area contributed by atoms with Crippen LogP contribution >= 0.6 is 31.8 Å². The molecular weight excluding hydrogens is 920 g/mol. The largest absolute Gasteiger partial charge is 0.481 e. The number of hydrogen-bond donors (Lipinski definition) is 10. The van der Waals surface area contributed by atoms with E-state index in [1.54, 1.807) is 0 Å². The number of aldehydes is 1. The van der Waals surface area contributed by atoms with Gasteiger partial charge in [-0.1, -0.05) is 93.9 Å². The van der Waals surface area contributed by atoms with Crippen LogP contribution in [-0.2, 0) is 52.5 Å². The van der Waals surface area contributed by atoms with Crippen LogP contribution in [0, 0.1) is 0 Å². The molecule has 0 aliphatic carbocycles. The molecule has 0 aliphatic rings. The molecule has 0 aliphatic heterocycles. The number of carboxylic acid groups (broad SMARTS) is 2. The van der Waals surface area contributed by atoms with Crippen molar-refractivity contribution in [3.05, 3.63) is 0 Å². The van der Waals surface area contributed by atoms with Crippen molar-refractivity contribution in [2.75, 3.05) is 78.7 Å². The van der Waals surface area contributed by atoms with Crippen LogP contribution in [0.25, 0.3) is 0 Å². The number of carboxylic acids is 2. The molecule has 390 valence electrons. The number of ether oxygens (including phenoxy) is 4. The minimum atomic E-state index is -1.19. The zero-order valence-electron chi connectivity index (χ0n) is 40.0. The molecule has 3 unspecified atom stereocenters. The second-order valence-electron chi connectivity index (χ2n) is 14.5. The topological polar surface area (TPSA) is 303 Å². The molecule has 0 spiro atoms. The lowest BCUT2D eigenvalue weighted by Crippen LogP contribution is -2.41. The Morgan fingerprint density at radius 1 is 0.576 bits per heavy atom. The maximum Gasteiger partial charge on any atom is 0.326 e. The summed E-state index contributed by atoms with van der Waals surface area (Å²) < 4.78 is 21.3. The van der Waals surface area contributed by atoms with Gasteiger partial charge >= 0.3 is 11.9 Å². The molecule has 3 atom stereocenters. The van der Waals surface area contributed by atoms with Crippen molar-refractivity contribution in [1.82, 2.24) is 26.4 Å². The molecule has 20 nitrogen and oxygen atoms in total. The van der Waals surface area contributed by atoms with Gasteiger partial charge in [0.25, 0.3) is 0 Å². The van der Waals surface area contributed by atoms with Crippen molar-refractivity contribution in [2.24, 2.45) is 5.90 Å². The molecule has 23 heteroatoms. The number of unbranched alkanes of at least 4 members (excludes halogenated alkanes) is 13. The molecule has 0 heterocycles. The maximum absolute atomic E-state index is 12.3. The standard InChI is InChI=1S/C40H74N5O13P.C2H6.CH4S2.H3NO/c46-30-33(45-59)16-14-15-21-41-37(49)31-57-28-27-56-25-23-43-38(50)32-58-29-26-55-24-22-42-35(47)20-19-34(40(53)54)44-36(48)17-12-10-8-6-4-2-1-3-5-7-9-11-13-18-39(51)52;1-2;1-3-2;1-2/h30,33-34,45H,1-29,31-32,59H2,(H,41,49)(H,42,47)(H,43,50)(H,44,48)(H,51,52)(H,53,54);1-2H3;2H,1H3;2H,1H2. The molecule has 0 bridgehead atoms. The van der Waals surface area contributed by atoms with Crippen LogP contribution in [0.3, 0.4) is 0 Å². The highest BCUT2D eigenvalue weighted by molar-refractivity contribution is 8.68. The fourth-order valence-corrected chi connectivity index (χ4v) is 5.94. The summed E-state index contributed by atoms with van der Waals surface area (Å²) in [5.41, 5.74) is 0. The quantitative estimate of drug-likeness (QED) is 0.0101. The normalized spacial score (nSPS) is 11.2. The van der Waals surface area contributed by atoms with E-state index < -0.39 is 18.0 Å². The van der Waals surface area contributed by atoms with E-state index in [1.807, 2.05) is 20.1 Å². The van der Waals surface area contributed by atoms with Crippen molar-refractivity contribution in [3.8, 4) is 0 Å². The zero-order chi connectivity index (χ0) is 50.3. The second-order valence-corrected chi connectivity index (χ2v) is 16.2. The van der Waals surface area contributed by atoms with Crippen LogP contribution in [0.4, 0.5) is 0 Å². The van der Waals surface area contributed by atoms with E-state index in [-0.39, 0.29) is 121 Å². The van der Waals surface area contributed by atoms with Crippen molar-refractivity contribution in [2.45, 2.75) is 154 Å². The summed E-state index contributed by atoms with van der Waals surface area (Å²) in [5, 5.41) is 38.0. The van der Waals surface area contributed by atoms with Crippen LogP contribution in [0.5, 0.6) is 0 Å². The number of amides is 4. The average Bonchev–Trinajstić information content (AvgIpc) is 3.30. The smallest absolute Gasteiger partial charge is 0.326 e. The second kappa shape index (κ2) is 58.5. The van der Waals surface area contributed by atoms with Crippen LogP contribution < -0.4 is 32.3 Å². The predicted octanol–water partition coefficient (Wildman–Crippen LogP) is 4.36. The summed E-state index contributed by atoms with van der Waals surface area (Å²) in [5.74, 6) is 0.361. The highest BCUT2D eigenvalue weighted by atomic mass is 33.1. The fraction of sp³-hybridized carbons (Fsp3) is 0.837. The maximum atomic E-state index is 12.3. The Kier molecular flexibility index (Phi) is 61.9. The van der Waals surface area contributed by atoms with Gasteiger partial charge < -0.3 is 60.4 Å². The number of nitrogens with two attached hydrogens (primary N) is 1. The van der Waals surface area contributed by atoms with Crippen molar-refractivity contribution >= 4 is 73.7 Å². The first-order valence-corrected chi connectivity index (χ1v) is 26.1. The van der Waals surface area contributed by atoms with Crippen LogP contribution in [0.2, 0.25) is 0 Å². The molecule has 0 aromatic rings. The number of rotatable bonds is 44. The van der Waals surface area contributed by atoms with Crippen LogP contribution in [0.1, 0.15) is 142 Å². The van der Waals surface area contributed by atoms with Gasteiger partial charge in [-0.05, 0) is 44.8 Å². The zero-order valence-corrected chi connectivity index (χ0v) is 42.9. The third-order valence-corrected chi connectivity index (χ3v) is 9.51. The Hall–Kier alpha value is -2.66. The Morgan fingerprint density at radius 2 is 0.985 bits per heavy atom. The Bertz CT molecular complexity index is 1170. The molecule has 0 fully saturated rings. The summed E-state index contributed by atoms with van der Waals surface area (Å²) in [6.07, 6.45) is 19.1. The molecule has 0 saturated heterocycles. The Labute approximate surface area is 405 Å². The van der Waals surface area contributed by atoms with E-state index >= 15 is 0 Å². The number of carbonyl (C=O) groups is 7. The lowest BCUT2D eigenvalue weighted by molar-refractivity contribution is -0.142. The molecular formula is C43H87N6O14PS2. The van der Waals surface area contributed by atoms with Gasteiger partial charge in [-0.25, -0.2) is 10.7 Å². The first-order valence-electron chi connectivity index (χ1n) is 23.2. The summed E-state index contributed by atoms with van der Waals surface area (Å²) in [4.78, 5) is 81.0. The SMILES string of the molecule is CC.CSS.NO.O=CC(CCCCNC(=O)COCCOCCNC(=O)COCCOCCNC(=O)CCC(NC(=O)CCCCCCCCCCCCCCCC(=O)O)C(=O)O)NP. The lowest BCUT2D eigenvalue weighted by atomic mass is 10.0. The van der Waals surface area contributed by atoms with E-state index in [0.29, 0.717) is 19.4 Å². The van der Waals surface area contributed by atoms with Crippen LogP contribution in [-0.4, -0.2) is 148 Å². The number of nitrogens with one attached hydrogen (secondary N) is 5. The molecule has 0 rings (SSSR count). The van der Waals surface area contributed by atoms with Gasteiger partial charge in [0.1, 0.15) is 25.5 Å². The van der Waals surface area contributed by atoms with E-state index in [4.69, 9.17) is 29.3 Å². The van der Waals surface area contributed by atoms with E-state index in [0.717, 1.165) is 70.5 Å². The monoisotopic (exact) mass is 1010 g/mol. The van der Waals surface area contributed by atoms with Crippen molar-refractivity contribution < 1.29 is 67.9 Å². The summed E-state index contributed by atoms with van der Waals surface area (Å²) in [6, 6.07) is -1.34. The van der Waals surface area contributed by atoms with Crippen molar-refractivity contribution in [1.29, 1.82) is 0 Å². The van der Waals surface area contributed by atoms with E-state index in [9.17, 15) is 38.7 Å². The number of aliphatic carboxylic acids is 2. The van der Waals surface area contributed by atoms with Crippen LogP contribution in [0.15, 0.2) is 0 Å². The first-order chi connectivity index (χ1) is 32.0. The third-order valence-electron chi connectivity index (χ3n) is 9.08. The van der Waals surface area contributed by atoms with Gasteiger partial charge in [-0.15, -0.1) is 22.5 Å². The summed E-state index contributed by atoms with van der Waals surface area (Å²) in [6.45, 7) is 6.09. The van der Waals surface area contributed by atoms with Gasteiger partial charge in [0.15, 0.2) is 0 Å². The third kappa shape index (κ3) is 57.5. The van der Waals surface area contributed by atoms with Gasteiger partial charge in [-0.2, -0.15) is 0 Å². The van der Waals surface area contributed by atoms with E-state index in [1.165, 1.54) is 36.5 Å². The number of carbonyl (C=O) groups excluding carboxylic acids is 5. The van der Waals surface area contributed by atoms with Gasteiger partial charge in [-0.3, -0.25) is 29.1 Å². The average molecular weight is 1010 g/mol. The Morgan fingerprint density at radius 3 is 1.41 bits per heavy atom. The fourth-order valence-electron chi connectivity index (χ4n) is 5.70. The molecule has 0 aromatic heterocycles. The minimum Gasteiger partial charge on any atom is -0.481 e. The number of thiol groups is 1. The predicted molar refractivity (Wildman–Crippen MR) is 264 cm³/mol.